The van der Waals surface area contributed by atoms with Gasteiger partial charge in [-0.05, 0) is 5.57 Å². The fourth-order valence-corrected chi connectivity index (χ4v) is 3.59. The van der Waals surface area contributed by atoms with Gasteiger partial charge in [-0.15, -0.1) is 23.4 Å². The Hall–Kier alpha value is -1.25. The number of rotatable bonds is 5. The molecule has 20 heavy (non-hydrogen) atoms. The molecule has 2 rings (SSSR count). The Kier molecular flexibility index (Phi) is 4.56. The third-order valence-electron chi connectivity index (χ3n) is 3.01. The minimum atomic E-state index is -1.17. The Labute approximate surface area is 124 Å². The molecule has 1 saturated heterocycles. The minimum absolute atomic E-state index is 0.0445. The molecule has 2 heterocycles. The van der Waals surface area contributed by atoms with Crippen LogP contribution in [0.25, 0.3) is 0 Å². The molecule has 0 bridgehead atoms. The van der Waals surface area contributed by atoms with Crippen molar-refractivity contribution in [3.8, 4) is 0 Å². The first-order chi connectivity index (χ1) is 9.51. The highest BCUT2D eigenvalue weighted by Gasteiger charge is 2.54. The lowest BCUT2D eigenvalue weighted by molar-refractivity contribution is -0.150. The number of halogens is 1. The summed E-state index contributed by atoms with van der Waals surface area (Å²) in [6.07, 6.45) is 0. The van der Waals surface area contributed by atoms with Crippen molar-refractivity contribution in [3.63, 3.8) is 0 Å². The van der Waals surface area contributed by atoms with Crippen molar-refractivity contribution in [1.29, 1.82) is 0 Å². The van der Waals surface area contributed by atoms with Crippen molar-refractivity contribution in [2.75, 3.05) is 25.3 Å². The number of carbonyl (C=O) groups is 3. The molecule has 7 nitrogen and oxygen atoms in total. The minimum Gasteiger partial charge on any atom is -0.477 e. The highest BCUT2D eigenvalue weighted by atomic mass is 35.5. The summed E-state index contributed by atoms with van der Waals surface area (Å²) in [4.78, 5) is 35.8. The van der Waals surface area contributed by atoms with Gasteiger partial charge in [0.2, 0.25) is 5.91 Å². The van der Waals surface area contributed by atoms with Crippen LogP contribution in [0.3, 0.4) is 0 Å². The van der Waals surface area contributed by atoms with Crippen LogP contribution in [-0.4, -0.2) is 64.6 Å². The number of carbonyl (C=O) groups excluding carboxylic acids is 2. The molecule has 0 aliphatic carbocycles. The van der Waals surface area contributed by atoms with Crippen LogP contribution in [-0.2, 0) is 19.1 Å². The van der Waals surface area contributed by atoms with E-state index in [2.05, 4.69) is 5.32 Å². The Morgan fingerprint density at radius 1 is 1.60 bits per heavy atom. The lowest BCUT2D eigenvalue weighted by atomic mass is 10.0. The largest absolute Gasteiger partial charge is 0.477 e. The van der Waals surface area contributed by atoms with Crippen molar-refractivity contribution < 1.29 is 24.2 Å². The average molecular weight is 321 g/mol. The van der Waals surface area contributed by atoms with Gasteiger partial charge in [0, 0.05) is 12.9 Å². The van der Waals surface area contributed by atoms with Crippen molar-refractivity contribution in [1.82, 2.24) is 10.2 Å². The zero-order valence-electron chi connectivity index (χ0n) is 10.6. The highest BCUT2D eigenvalue weighted by molar-refractivity contribution is 8.00. The van der Waals surface area contributed by atoms with Gasteiger partial charge in [0.1, 0.15) is 23.0 Å². The number of nitrogens with one attached hydrogen (secondary N) is 1. The smallest absolute Gasteiger partial charge is 0.352 e. The lowest BCUT2D eigenvalue weighted by Crippen LogP contribution is -2.70. The second kappa shape index (κ2) is 6.02. The number of methoxy groups -OCH3 is 1. The number of hydrogen-bond acceptors (Lipinski definition) is 5. The quantitative estimate of drug-likeness (QED) is 0.529. The van der Waals surface area contributed by atoms with E-state index in [4.69, 9.17) is 16.3 Å². The van der Waals surface area contributed by atoms with Gasteiger partial charge in [0.25, 0.3) is 5.91 Å². The van der Waals surface area contributed by atoms with E-state index in [-0.39, 0.29) is 18.2 Å². The molecule has 0 aromatic heterocycles. The summed E-state index contributed by atoms with van der Waals surface area (Å²) in [5, 5.41) is 11.4. The van der Waals surface area contributed by atoms with E-state index in [0.717, 1.165) is 0 Å². The number of carboxylic acids is 1. The van der Waals surface area contributed by atoms with Gasteiger partial charge in [0.05, 0.1) is 6.61 Å². The van der Waals surface area contributed by atoms with E-state index < -0.39 is 29.2 Å². The van der Waals surface area contributed by atoms with Crippen LogP contribution in [0.1, 0.15) is 0 Å². The van der Waals surface area contributed by atoms with E-state index in [1.54, 1.807) is 0 Å². The van der Waals surface area contributed by atoms with Gasteiger partial charge in [-0.25, -0.2) is 4.79 Å². The van der Waals surface area contributed by atoms with E-state index >= 15 is 0 Å². The Bertz CT molecular complexity index is 495. The Balaban J connectivity index is 2.21. The standard InChI is InChI=1S/C11H13ClN2O5S/c1-19-3-5-4-20-10-7(13-6(15)2-12)9(16)14(10)8(5)11(17)18/h7,10H,2-4H2,1H3,(H,13,15)(H,17,18)/t7?,10-/m0/s1. The Morgan fingerprint density at radius 2 is 2.30 bits per heavy atom. The average Bonchev–Trinajstić information content (AvgIpc) is 2.43. The molecule has 1 unspecified atom stereocenters. The molecule has 2 amide bonds. The van der Waals surface area contributed by atoms with Crippen LogP contribution in [0.4, 0.5) is 0 Å². The third kappa shape index (κ3) is 2.50. The number of aliphatic carboxylic acids is 1. The maximum atomic E-state index is 12.0. The summed E-state index contributed by atoms with van der Waals surface area (Å²) in [7, 11) is 1.46. The molecule has 0 radical (unpaired) electrons. The predicted molar refractivity (Wildman–Crippen MR) is 72.3 cm³/mol. The topological polar surface area (TPSA) is 95.9 Å². The summed E-state index contributed by atoms with van der Waals surface area (Å²) in [6, 6.07) is -0.718. The van der Waals surface area contributed by atoms with Crippen molar-refractivity contribution >= 4 is 41.1 Å². The molecule has 110 valence electrons. The first-order valence-electron chi connectivity index (χ1n) is 5.75. The van der Waals surface area contributed by atoms with Gasteiger partial charge in [-0.2, -0.15) is 0 Å². The molecule has 2 aliphatic heterocycles. The summed E-state index contributed by atoms with van der Waals surface area (Å²) in [5.74, 6) is -1.85. The molecule has 0 saturated carbocycles. The maximum absolute atomic E-state index is 12.0. The first-order valence-corrected chi connectivity index (χ1v) is 7.33. The molecular formula is C11H13ClN2O5S. The van der Waals surface area contributed by atoms with Gasteiger partial charge in [-0.1, -0.05) is 0 Å². The number of fused-ring (bicyclic) bond motifs is 1. The Morgan fingerprint density at radius 3 is 2.85 bits per heavy atom. The van der Waals surface area contributed by atoms with Crippen molar-refractivity contribution in [3.05, 3.63) is 11.3 Å². The zero-order chi connectivity index (χ0) is 14.9. The van der Waals surface area contributed by atoms with Crippen LogP contribution in [0.5, 0.6) is 0 Å². The number of ether oxygens (including phenoxy) is 1. The predicted octanol–water partition coefficient (Wildman–Crippen LogP) is -0.390. The maximum Gasteiger partial charge on any atom is 0.352 e. The highest BCUT2D eigenvalue weighted by Crippen LogP contribution is 2.40. The van der Waals surface area contributed by atoms with Crippen LogP contribution in [0.15, 0.2) is 11.3 Å². The molecular weight excluding hydrogens is 308 g/mol. The third-order valence-corrected chi connectivity index (χ3v) is 4.59. The molecule has 9 heteroatoms. The van der Waals surface area contributed by atoms with E-state index in [1.165, 1.54) is 23.8 Å². The number of carboxylic acid groups (broad SMARTS) is 1. The van der Waals surface area contributed by atoms with Crippen LogP contribution in [0, 0.1) is 0 Å². The van der Waals surface area contributed by atoms with E-state index in [0.29, 0.717) is 11.3 Å². The molecule has 0 aromatic rings. The number of thioether (sulfide) groups is 1. The molecule has 2 aliphatic rings. The summed E-state index contributed by atoms with van der Waals surface area (Å²) >= 11 is 6.77. The summed E-state index contributed by atoms with van der Waals surface area (Å²) < 4.78 is 4.95. The second-order valence-corrected chi connectivity index (χ2v) is 5.65. The normalized spacial score (nSPS) is 25.1. The summed E-state index contributed by atoms with van der Waals surface area (Å²) in [5.41, 5.74) is 0.508. The first kappa shape index (κ1) is 15.1. The molecule has 2 N–H and O–H groups in total. The fourth-order valence-electron chi connectivity index (χ4n) is 2.18. The van der Waals surface area contributed by atoms with Crippen LogP contribution >= 0.6 is 23.4 Å². The molecule has 0 spiro atoms. The second-order valence-electron chi connectivity index (χ2n) is 4.28. The zero-order valence-corrected chi connectivity index (χ0v) is 12.2. The van der Waals surface area contributed by atoms with Crippen LogP contribution in [0.2, 0.25) is 0 Å². The van der Waals surface area contributed by atoms with Gasteiger partial charge in [-0.3, -0.25) is 14.5 Å². The number of amides is 2. The van der Waals surface area contributed by atoms with Gasteiger partial charge < -0.3 is 15.2 Å². The number of β-lactam (4-membered cyclic amide) rings is 1. The van der Waals surface area contributed by atoms with Crippen molar-refractivity contribution in [2.24, 2.45) is 0 Å². The van der Waals surface area contributed by atoms with Crippen molar-refractivity contribution in [2.45, 2.75) is 11.4 Å². The number of hydrogen-bond donors (Lipinski definition) is 2. The van der Waals surface area contributed by atoms with Crippen LogP contribution < -0.4 is 5.32 Å². The molecule has 1 fully saturated rings. The summed E-state index contributed by atoms with van der Waals surface area (Å²) in [6.45, 7) is 0.157. The van der Waals surface area contributed by atoms with E-state index in [1.807, 2.05) is 0 Å². The molecule has 0 aromatic carbocycles. The van der Waals surface area contributed by atoms with Gasteiger partial charge >= 0.3 is 5.97 Å². The number of nitrogens with zero attached hydrogens (tertiary/aromatic N) is 1. The van der Waals surface area contributed by atoms with E-state index in [9.17, 15) is 19.5 Å². The van der Waals surface area contributed by atoms with Gasteiger partial charge in [0.15, 0.2) is 0 Å². The lowest BCUT2D eigenvalue weighted by Gasteiger charge is -2.49. The fraction of sp³-hybridized carbons (Fsp3) is 0.545. The molecule has 2 atom stereocenters. The monoisotopic (exact) mass is 320 g/mol. The number of alkyl halides is 1. The SMILES string of the molecule is COCC1=C(C(=O)O)N2C(=O)C(NC(=O)CCl)[C@@H]2SC1.